The fourth-order valence-corrected chi connectivity index (χ4v) is 4.03. The molecule has 5 heteroatoms. The van der Waals surface area contributed by atoms with Gasteiger partial charge in [-0.25, -0.2) is 4.98 Å². The van der Waals surface area contributed by atoms with Crippen LogP contribution in [0.2, 0.25) is 0 Å². The molecule has 2 N–H and O–H groups in total. The number of fused-ring (bicyclic) bond motifs is 1. The van der Waals surface area contributed by atoms with Gasteiger partial charge in [-0.3, -0.25) is 4.90 Å². The molecule has 1 aliphatic heterocycles. The van der Waals surface area contributed by atoms with Gasteiger partial charge in [0, 0.05) is 48.4 Å². The first-order chi connectivity index (χ1) is 10.2. The summed E-state index contributed by atoms with van der Waals surface area (Å²) in [6, 6.07) is 4.45. The predicted octanol–water partition coefficient (Wildman–Crippen LogP) is 3.00. The molecule has 0 spiro atoms. The molecule has 0 fully saturated rings. The molecule has 1 aliphatic rings. The molecule has 0 radical (unpaired) electrons. The largest absolute Gasteiger partial charge is 0.398 e. The Bertz CT molecular complexity index is 665. The lowest BCUT2D eigenvalue weighted by Gasteiger charge is -2.33. The average Bonchev–Trinajstić information content (AvgIpc) is 2.91. The number of methoxy groups -OCH3 is 1. The van der Waals surface area contributed by atoms with E-state index in [-0.39, 0.29) is 0 Å². The van der Waals surface area contributed by atoms with Crippen LogP contribution in [0.4, 0.5) is 5.69 Å². The number of nitrogens with two attached hydrogens (primary N) is 1. The van der Waals surface area contributed by atoms with E-state index in [0.29, 0.717) is 6.04 Å². The van der Waals surface area contributed by atoms with Crippen LogP contribution >= 0.6 is 11.3 Å². The molecule has 21 heavy (non-hydrogen) atoms. The van der Waals surface area contributed by atoms with E-state index >= 15 is 0 Å². The van der Waals surface area contributed by atoms with E-state index in [9.17, 15) is 0 Å². The molecule has 0 aliphatic carbocycles. The lowest BCUT2D eigenvalue weighted by molar-refractivity contribution is 0.137. The third-order valence-electron chi connectivity index (χ3n) is 4.11. The van der Waals surface area contributed by atoms with Crippen LogP contribution in [0, 0.1) is 0 Å². The molecular formula is C16H21N3OS. The molecule has 1 atom stereocenters. The predicted molar refractivity (Wildman–Crippen MR) is 89.5 cm³/mol. The highest BCUT2D eigenvalue weighted by Gasteiger charge is 2.23. The Morgan fingerprint density at radius 3 is 3.14 bits per heavy atom. The van der Waals surface area contributed by atoms with Crippen molar-refractivity contribution >= 4 is 32.8 Å². The first-order valence-electron chi connectivity index (χ1n) is 7.28. The molecular weight excluding hydrogens is 282 g/mol. The van der Waals surface area contributed by atoms with Gasteiger partial charge in [-0.1, -0.05) is 6.08 Å². The Kier molecular flexibility index (Phi) is 4.24. The van der Waals surface area contributed by atoms with Crippen LogP contribution in [0.3, 0.4) is 0 Å². The van der Waals surface area contributed by atoms with Crippen LogP contribution in [0.5, 0.6) is 0 Å². The zero-order valence-corrected chi connectivity index (χ0v) is 13.3. The molecule has 4 nitrogen and oxygen atoms in total. The number of hydrogen-bond acceptors (Lipinski definition) is 5. The van der Waals surface area contributed by atoms with Gasteiger partial charge >= 0.3 is 0 Å². The maximum Gasteiger partial charge on any atom is 0.125 e. The third kappa shape index (κ3) is 2.81. The SMILES string of the molecule is COCCN1CCC=C(c2cc3c(N)ccnc3s2)C1C. The first kappa shape index (κ1) is 14.5. The van der Waals surface area contributed by atoms with Crippen LogP contribution < -0.4 is 5.73 Å². The van der Waals surface area contributed by atoms with Gasteiger partial charge in [0.2, 0.25) is 0 Å². The van der Waals surface area contributed by atoms with Gasteiger partial charge in [-0.2, -0.15) is 0 Å². The summed E-state index contributed by atoms with van der Waals surface area (Å²) in [5, 5.41) is 1.07. The molecule has 3 heterocycles. The van der Waals surface area contributed by atoms with Crippen molar-refractivity contribution in [2.45, 2.75) is 19.4 Å². The molecule has 3 rings (SSSR count). The van der Waals surface area contributed by atoms with Crippen LogP contribution in [-0.4, -0.2) is 42.7 Å². The van der Waals surface area contributed by atoms with Gasteiger partial charge in [0.15, 0.2) is 0 Å². The van der Waals surface area contributed by atoms with Gasteiger partial charge < -0.3 is 10.5 Å². The molecule has 2 aromatic rings. The number of pyridine rings is 1. The summed E-state index contributed by atoms with van der Waals surface area (Å²) >= 11 is 1.73. The highest BCUT2D eigenvalue weighted by Crippen LogP contribution is 2.36. The van der Waals surface area contributed by atoms with Crippen LogP contribution in [0.25, 0.3) is 15.8 Å². The number of nitrogen functional groups attached to an aromatic ring is 1. The molecule has 0 saturated carbocycles. The van der Waals surface area contributed by atoms with Crippen molar-refractivity contribution < 1.29 is 4.74 Å². The van der Waals surface area contributed by atoms with Crippen molar-refractivity contribution in [1.29, 1.82) is 0 Å². The molecule has 0 amide bonds. The van der Waals surface area contributed by atoms with Gasteiger partial charge in [0.25, 0.3) is 0 Å². The summed E-state index contributed by atoms with van der Waals surface area (Å²) in [6.07, 6.45) is 5.22. The Morgan fingerprint density at radius 2 is 2.38 bits per heavy atom. The summed E-state index contributed by atoms with van der Waals surface area (Å²) in [4.78, 5) is 9.20. The van der Waals surface area contributed by atoms with Gasteiger partial charge in [-0.15, -0.1) is 11.3 Å². The van der Waals surface area contributed by atoms with E-state index in [0.717, 1.165) is 42.0 Å². The second-order valence-corrected chi connectivity index (χ2v) is 6.41. The Balaban J connectivity index is 1.90. The third-order valence-corrected chi connectivity index (χ3v) is 5.21. The Labute approximate surface area is 129 Å². The number of nitrogens with zero attached hydrogens (tertiary/aromatic N) is 2. The molecule has 0 bridgehead atoms. The lowest BCUT2D eigenvalue weighted by atomic mass is 9.99. The highest BCUT2D eigenvalue weighted by molar-refractivity contribution is 7.19. The van der Waals surface area contributed by atoms with E-state index in [1.54, 1.807) is 24.6 Å². The number of anilines is 1. The minimum absolute atomic E-state index is 0.406. The number of hydrogen-bond donors (Lipinski definition) is 1. The number of aromatic nitrogens is 1. The number of ether oxygens (including phenoxy) is 1. The minimum atomic E-state index is 0.406. The lowest BCUT2D eigenvalue weighted by Crippen LogP contribution is -2.39. The summed E-state index contributed by atoms with van der Waals surface area (Å²) in [5.74, 6) is 0. The normalized spacial score (nSPS) is 19.9. The second kappa shape index (κ2) is 6.13. The number of thiophene rings is 1. The topological polar surface area (TPSA) is 51.4 Å². The van der Waals surface area contributed by atoms with E-state index in [1.165, 1.54) is 10.5 Å². The summed E-state index contributed by atoms with van der Waals surface area (Å²) in [5.41, 5.74) is 8.24. The minimum Gasteiger partial charge on any atom is -0.398 e. The van der Waals surface area contributed by atoms with Crippen LogP contribution in [0.1, 0.15) is 18.2 Å². The summed E-state index contributed by atoms with van der Waals surface area (Å²) in [6.45, 7) is 5.11. The van der Waals surface area contributed by atoms with Crippen LogP contribution in [-0.2, 0) is 4.74 Å². The smallest absolute Gasteiger partial charge is 0.125 e. The van der Waals surface area contributed by atoms with Gasteiger partial charge in [-0.05, 0) is 31.1 Å². The van der Waals surface area contributed by atoms with Crippen molar-refractivity contribution in [3.63, 3.8) is 0 Å². The van der Waals surface area contributed by atoms with Gasteiger partial charge in [0.05, 0.1) is 6.61 Å². The fraction of sp³-hybridized carbons (Fsp3) is 0.438. The quantitative estimate of drug-likeness (QED) is 0.943. The van der Waals surface area contributed by atoms with Crippen molar-refractivity contribution in [1.82, 2.24) is 9.88 Å². The van der Waals surface area contributed by atoms with Crippen molar-refractivity contribution in [2.75, 3.05) is 32.5 Å². The molecule has 1 unspecified atom stereocenters. The Morgan fingerprint density at radius 1 is 1.52 bits per heavy atom. The molecule has 112 valence electrons. The first-order valence-corrected chi connectivity index (χ1v) is 8.10. The summed E-state index contributed by atoms with van der Waals surface area (Å²) in [7, 11) is 1.76. The standard InChI is InChI=1S/C16H21N3OS/c1-11-12(4-3-7-19(11)8-9-20-2)15-10-13-14(17)5-6-18-16(13)21-15/h4-6,10-11H,3,7-9H2,1-2H3,(H2,17,18). The Hall–Kier alpha value is -1.43. The number of rotatable bonds is 4. The second-order valence-electron chi connectivity index (χ2n) is 5.38. The maximum atomic E-state index is 6.05. The average molecular weight is 303 g/mol. The van der Waals surface area contributed by atoms with Crippen LogP contribution in [0.15, 0.2) is 24.4 Å². The fourth-order valence-electron chi connectivity index (χ4n) is 2.87. The molecule has 0 saturated heterocycles. The van der Waals surface area contributed by atoms with E-state index in [4.69, 9.17) is 10.5 Å². The van der Waals surface area contributed by atoms with Crippen molar-refractivity contribution in [2.24, 2.45) is 0 Å². The maximum absolute atomic E-state index is 6.05. The molecule has 0 aromatic carbocycles. The van der Waals surface area contributed by atoms with E-state index in [1.807, 2.05) is 6.07 Å². The van der Waals surface area contributed by atoms with Crippen molar-refractivity contribution in [3.05, 3.63) is 29.3 Å². The zero-order chi connectivity index (χ0) is 14.8. The monoisotopic (exact) mass is 303 g/mol. The highest BCUT2D eigenvalue weighted by atomic mass is 32.1. The zero-order valence-electron chi connectivity index (χ0n) is 12.5. The molecule has 2 aromatic heterocycles. The van der Waals surface area contributed by atoms with Gasteiger partial charge in [0.1, 0.15) is 4.83 Å². The van der Waals surface area contributed by atoms with E-state index < -0.39 is 0 Å². The van der Waals surface area contributed by atoms with Crippen molar-refractivity contribution in [3.8, 4) is 0 Å². The summed E-state index contributed by atoms with van der Waals surface area (Å²) < 4.78 is 5.21. The van der Waals surface area contributed by atoms with E-state index in [2.05, 4.69) is 29.0 Å².